The molecule has 3 atom stereocenters. The van der Waals surface area contributed by atoms with Crippen LogP contribution in [0.2, 0.25) is 0 Å². The van der Waals surface area contributed by atoms with Gasteiger partial charge in [-0.05, 0) is 53.4 Å². The average Bonchev–Trinajstić information content (AvgIpc) is 2.47. The van der Waals surface area contributed by atoms with E-state index in [0.29, 0.717) is 5.92 Å². The monoisotopic (exact) mass is 241 g/mol. The maximum Gasteiger partial charge on any atom is 0.0729 e. The second kappa shape index (κ2) is 4.52. The molecule has 0 aromatic carbocycles. The lowest BCUT2D eigenvalue weighted by molar-refractivity contribution is -0.0867. The third kappa shape index (κ3) is 2.83. The molecule has 2 heterocycles. The minimum atomic E-state index is -0.135. The maximum absolute atomic E-state index is 6.45. The fourth-order valence-electron chi connectivity index (χ4n) is 3.53. The lowest BCUT2D eigenvalue weighted by Gasteiger charge is -2.36. The topological polar surface area (TPSA) is 44.5 Å². The summed E-state index contributed by atoms with van der Waals surface area (Å²) in [4.78, 5) is 0. The summed E-state index contributed by atoms with van der Waals surface area (Å²) in [6.07, 6.45) is 4.79. The van der Waals surface area contributed by atoms with E-state index in [1.54, 1.807) is 0 Å². The van der Waals surface area contributed by atoms with Crippen molar-refractivity contribution >= 4 is 0 Å². The summed E-state index contributed by atoms with van der Waals surface area (Å²) in [5.41, 5.74) is 6.26. The van der Waals surface area contributed by atoms with Gasteiger partial charge in [-0.1, -0.05) is 0 Å². The molecule has 2 saturated heterocycles. The van der Waals surface area contributed by atoms with Crippen molar-refractivity contribution in [3.8, 4) is 0 Å². The molecule has 0 aromatic heterocycles. The molecule has 0 radical (unpaired) electrons. The van der Waals surface area contributed by atoms with Crippen molar-refractivity contribution < 1.29 is 9.47 Å². The van der Waals surface area contributed by atoms with Crippen LogP contribution >= 0.6 is 0 Å². The Balaban J connectivity index is 2.05. The van der Waals surface area contributed by atoms with E-state index in [0.717, 1.165) is 19.4 Å². The Morgan fingerprint density at radius 2 is 1.88 bits per heavy atom. The number of nitrogens with two attached hydrogens (primary N) is 1. The van der Waals surface area contributed by atoms with Crippen LogP contribution in [0.15, 0.2) is 0 Å². The number of rotatable bonds is 2. The van der Waals surface area contributed by atoms with Gasteiger partial charge in [0.05, 0.1) is 17.3 Å². The lowest BCUT2D eigenvalue weighted by Crippen LogP contribution is -2.49. The SMILES string of the molecule is CC1(C)CC(C(N)C2CCCCO2)C(C)(C)O1. The summed E-state index contributed by atoms with van der Waals surface area (Å²) in [7, 11) is 0. The smallest absolute Gasteiger partial charge is 0.0729 e. The van der Waals surface area contributed by atoms with Crippen molar-refractivity contribution in [2.75, 3.05) is 6.61 Å². The van der Waals surface area contributed by atoms with Crippen molar-refractivity contribution in [2.24, 2.45) is 11.7 Å². The molecule has 2 aliphatic heterocycles. The minimum absolute atomic E-state index is 0.0551. The third-order valence-electron chi connectivity index (χ3n) is 4.25. The van der Waals surface area contributed by atoms with Crippen molar-refractivity contribution in [3.05, 3.63) is 0 Å². The number of ether oxygens (including phenoxy) is 2. The predicted octanol–water partition coefficient (Wildman–Crippen LogP) is 2.48. The van der Waals surface area contributed by atoms with Crippen LogP contribution in [0, 0.1) is 5.92 Å². The summed E-state index contributed by atoms with van der Waals surface area (Å²) in [6.45, 7) is 9.51. The lowest BCUT2D eigenvalue weighted by atomic mass is 9.78. The summed E-state index contributed by atoms with van der Waals surface area (Å²) >= 11 is 0. The van der Waals surface area contributed by atoms with Crippen LogP contribution in [0.1, 0.15) is 53.4 Å². The Morgan fingerprint density at radius 3 is 2.35 bits per heavy atom. The van der Waals surface area contributed by atoms with E-state index in [1.807, 2.05) is 0 Å². The standard InChI is InChI=1S/C14H27NO2/c1-13(2)9-10(14(3,4)17-13)12(15)11-7-5-6-8-16-11/h10-12H,5-9,15H2,1-4H3. The highest BCUT2D eigenvalue weighted by molar-refractivity contribution is 5.00. The molecule has 2 N–H and O–H groups in total. The summed E-state index contributed by atoms with van der Waals surface area (Å²) < 4.78 is 12.0. The quantitative estimate of drug-likeness (QED) is 0.807. The molecular formula is C14H27NO2. The molecule has 0 aromatic rings. The van der Waals surface area contributed by atoms with Gasteiger partial charge in [0, 0.05) is 18.6 Å². The van der Waals surface area contributed by atoms with Gasteiger partial charge in [0.1, 0.15) is 0 Å². The van der Waals surface area contributed by atoms with Crippen molar-refractivity contribution in [1.82, 2.24) is 0 Å². The van der Waals surface area contributed by atoms with Crippen LogP contribution in [-0.2, 0) is 9.47 Å². The normalized spacial score (nSPS) is 37.9. The molecule has 3 heteroatoms. The van der Waals surface area contributed by atoms with E-state index in [2.05, 4.69) is 27.7 Å². The summed E-state index contributed by atoms with van der Waals surface area (Å²) in [6, 6.07) is 0.104. The van der Waals surface area contributed by atoms with Gasteiger partial charge >= 0.3 is 0 Å². The van der Waals surface area contributed by atoms with Crippen LogP contribution in [0.25, 0.3) is 0 Å². The molecule has 3 nitrogen and oxygen atoms in total. The summed E-state index contributed by atoms with van der Waals surface area (Å²) in [5, 5.41) is 0. The zero-order valence-corrected chi connectivity index (χ0v) is 11.7. The first-order valence-electron chi connectivity index (χ1n) is 6.89. The van der Waals surface area contributed by atoms with E-state index in [-0.39, 0.29) is 23.3 Å². The van der Waals surface area contributed by atoms with Gasteiger partial charge in [-0.15, -0.1) is 0 Å². The number of hydrogen-bond donors (Lipinski definition) is 1. The van der Waals surface area contributed by atoms with E-state index < -0.39 is 0 Å². The first kappa shape index (κ1) is 13.3. The van der Waals surface area contributed by atoms with E-state index in [1.165, 1.54) is 12.8 Å². The van der Waals surface area contributed by atoms with Crippen LogP contribution in [0.4, 0.5) is 0 Å². The number of hydrogen-bond acceptors (Lipinski definition) is 3. The zero-order valence-electron chi connectivity index (χ0n) is 11.7. The molecule has 2 fully saturated rings. The molecule has 100 valence electrons. The highest BCUT2D eigenvalue weighted by Gasteiger charge is 2.49. The molecule has 2 rings (SSSR count). The van der Waals surface area contributed by atoms with E-state index in [4.69, 9.17) is 15.2 Å². The largest absolute Gasteiger partial charge is 0.377 e. The Bertz CT molecular complexity index is 269. The van der Waals surface area contributed by atoms with Gasteiger partial charge in [0.25, 0.3) is 0 Å². The molecular weight excluding hydrogens is 214 g/mol. The van der Waals surface area contributed by atoms with Gasteiger partial charge in [-0.3, -0.25) is 0 Å². The Hall–Kier alpha value is -0.120. The fourth-order valence-corrected chi connectivity index (χ4v) is 3.53. The Labute approximate surface area is 105 Å². The molecule has 3 unspecified atom stereocenters. The fraction of sp³-hybridized carbons (Fsp3) is 1.00. The second-order valence-electron chi connectivity index (χ2n) is 6.76. The molecule has 2 aliphatic rings. The maximum atomic E-state index is 6.45. The first-order chi connectivity index (χ1) is 7.82. The van der Waals surface area contributed by atoms with Crippen molar-refractivity contribution in [2.45, 2.75) is 76.7 Å². The molecule has 17 heavy (non-hydrogen) atoms. The van der Waals surface area contributed by atoms with Crippen LogP contribution in [0.3, 0.4) is 0 Å². The molecule has 0 amide bonds. The summed E-state index contributed by atoms with van der Waals surface area (Å²) in [5.74, 6) is 0.389. The molecule has 0 spiro atoms. The van der Waals surface area contributed by atoms with E-state index in [9.17, 15) is 0 Å². The zero-order chi connectivity index (χ0) is 12.7. The first-order valence-corrected chi connectivity index (χ1v) is 6.89. The minimum Gasteiger partial charge on any atom is -0.377 e. The Morgan fingerprint density at radius 1 is 1.18 bits per heavy atom. The van der Waals surface area contributed by atoms with Crippen molar-refractivity contribution in [3.63, 3.8) is 0 Å². The second-order valence-corrected chi connectivity index (χ2v) is 6.76. The predicted molar refractivity (Wildman–Crippen MR) is 68.9 cm³/mol. The molecule has 0 bridgehead atoms. The van der Waals surface area contributed by atoms with E-state index >= 15 is 0 Å². The van der Waals surface area contributed by atoms with Crippen LogP contribution in [0.5, 0.6) is 0 Å². The average molecular weight is 241 g/mol. The molecule has 0 saturated carbocycles. The Kier molecular flexibility index (Phi) is 3.54. The molecule has 0 aliphatic carbocycles. The van der Waals surface area contributed by atoms with Gasteiger partial charge in [-0.25, -0.2) is 0 Å². The van der Waals surface area contributed by atoms with Crippen molar-refractivity contribution in [1.29, 1.82) is 0 Å². The highest BCUT2D eigenvalue weighted by atomic mass is 16.5. The van der Waals surface area contributed by atoms with Gasteiger partial charge in [0.15, 0.2) is 0 Å². The van der Waals surface area contributed by atoms with Gasteiger partial charge in [-0.2, -0.15) is 0 Å². The van der Waals surface area contributed by atoms with Gasteiger partial charge in [0.2, 0.25) is 0 Å². The van der Waals surface area contributed by atoms with Gasteiger partial charge < -0.3 is 15.2 Å². The van der Waals surface area contributed by atoms with Crippen LogP contribution < -0.4 is 5.73 Å². The third-order valence-corrected chi connectivity index (χ3v) is 4.25. The van der Waals surface area contributed by atoms with Crippen LogP contribution in [-0.4, -0.2) is 30.0 Å². The highest BCUT2D eigenvalue weighted by Crippen LogP contribution is 2.44.